The first-order valence-corrected chi connectivity index (χ1v) is 8.39. The van der Waals surface area contributed by atoms with Gasteiger partial charge in [-0.1, -0.05) is 54.8 Å². The van der Waals surface area contributed by atoms with Gasteiger partial charge in [-0.3, -0.25) is 4.90 Å². The third-order valence-electron chi connectivity index (χ3n) is 4.54. The molecule has 0 amide bonds. The van der Waals surface area contributed by atoms with Gasteiger partial charge in [-0.2, -0.15) is 0 Å². The molecule has 1 heterocycles. The number of likely N-dealkylation sites (tertiary alicyclic amines) is 1. The Morgan fingerprint density at radius 2 is 1.63 bits per heavy atom. The summed E-state index contributed by atoms with van der Waals surface area (Å²) in [6.07, 6.45) is 5.43. The Balaban J connectivity index is 1.96. The maximum atomic E-state index is 3.51. The van der Waals surface area contributed by atoms with E-state index in [-0.39, 0.29) is 0 Å². The van der Waals surface area contributed by atoms with Gasteiger partial charge in [0, 0.05) is 23.6 Å². The van der Waals surface area contributed by atoms with Crippen LogP contribution in [0.25, 0.3) is 0 Å². The summed E-state index contributed by atoms with van der Waals surface area (Å²) in [7, 11) is 0. The lowest BCUT2D eigenvalue weighted by Gasteiger charge is -2.53. The molecule has 1 nitrogen and oxygen atoms in total. The lowest BCUT2D eigenvalue weighted by molar-refractivity contribution is -0.0404. The monoisotopic (exact) mass is 323 g/mol. The van der Waals surface area contributed by atoms with Gasteiger partial charge in [-0.15, -0.1) is 0 Å². The van der Waals surface area contributed by atoms with Crippen LogP contribution < -0.4 is 0 Å². The van der Waals surface area contributed by atoms with E-state index in [1.807, 2.05) is 0 Å². The van der Waals surface area contributed by atoms with Gasteiger partial charge in [0.2, 0.25) is 0 Å². The minimum Gasteiger partial charge on any atom is -0.295 e. The van der Waals surface area contributed by atoms with Crippen molar-refractivity contribution in [2.75, 3.05) is 13.1 Å². The summed E-state index contributed by atoms with van der Waals surface area (Å²) in [5.74, 6) is 0. The van der Waals surface area contributed by atoms with Crippen molar-refractivity contribution in [3.63, 3.8) is 0 Å². The molecule has 1 aliphatic rings. The van der Waals surface area contributed by atoms with Crippen LogP contribution in [0.3, 0.4) is 0 Å². The SMILES string of the molecule is CCCC1(CCC)CN(C(C)c2ccc(Br)cc2)C1. The molecule has 0 bridgehead atoms. The molecule has 1 fully saturated rings. The second kappa shape index (κ2) is 6.41. The van der Waals surface area contributed by atoms with Gasteiger partial charge in [-0.05, 0) is 42.9 Å². The first kappa shape index (κ1) is 15.1. The zero-order chi connectivity index (χ0) is 13.9. The predicted molar refractivity (Wildman–Crippen MR) is 86.4 cm³/mol. The standard InChI is InChI=1S/C17H26BrN/c1-4-10-17(11-5-2)12-19(13-17)14(3)15-6-8-16(18)9-7-15/h6-9,14H,4-5,10-13H2,1-3H3. The van der Waals surface area contributed by atoms with Gasteiger partial charge in [-0.25, -0.2) is 0 Å². The molecule has 0 N–H and O–H groups in total. The summed E-state index contributed by atoms with van der Waals surface area (Å²) in [5.41, 5.74) is 2.05. The first-order valence-electron chi connectivity index (χ1n) is 7.60. The van der Waals surface area contributed by atoms with E-state index in [0.29, 0.717) is 11.5 Å². The fourth-order valence-corrected chi connectivity index (χ4v) is 3.81. The average Bonchev–Trinajstić information content (AvgIpc) is 2.36. The number of hydrogen-bond acceptors (Lipinski definition) is 1. The maximum absolute atomic E-state index is 3.51. The van der Waals surface area contributed by atoms with Crippen molar-refractivity contribution in [2.45, 2.75) is 52.5 Å². The van der Waals surface area contributed by atoms with Crippen molar-refractivity contribution in [1.82, 2.24) is 4.90 Å². The van der Waals surface area contributed by atoms with E-state index in [2.05, 4.69) is 65.9 Å². The van der Waals surface area contributed by atoms with Crippen molar-refractivity contribution < 1.29 is 0 Å². The highest BCUT2D eigenvalue weighted by atomic mass is 79.9. The Hall–Kier alpha value is -0.340. The Bertz CT molecular complexity index is 384. The van der Waals surface area contributed by atoms with Crippen LogP contribution in [0, 0.1) is 5.41 Å². The Morgan fingerprint density at radius 1 is 1.11 bits per heavy atom. The summed E-state index contributed by atoms with van der Waals surface area (Å²) in [6, 6.07) is 9.34. The summed E-state index contributed by atoms with van der Waals surface area (Å²) < 4.78 is 1.17. The highest BCUT2D eigenvalue weighted by molar-refractivity contribution is 9.10. The van der Waals surface area contributed by atoms with E-state index in [4.69, 9.17) is 0 Å². The summed E-state index contributed by atoms with van der Waals surface area (Å²) >= 11 is 3.51. The lowest BCUT2D eigenvalue weighted by atomic mass is 9.72. The van der Waals surface area contributed by atoms with Crippen molar-refractivity contribution in [1.29, 1.82) is 0 Å². The third-order valence-corrected chi connectivity index (χ3v) is 5.07. The average molecular weight is 324 g/mol. The Labute approximate surface area is 126 Å². The second-order valence-corrected chi connectivity index (χ2v) is 7.05. The number of hydrogen-bond donors (Lipinski definition) is 0. The number of halogens is 1. The van der Waals surface area contributed by atoms with Crippen LogP contribution in [0.1, 0.15) is 58.1 Å². The molecule has 0 aromatic heterocycles. The van der Waals surface area contributed by atoms with Crippen LogP contribution >= 0.6 is 15.9 Å². The molecule has 0 spiro atoms. The van der Waals surface area contributed by atoms with Gasteiger partial charge in [0.1, 0.15) is 0 Å². The van der Waals surface area contributed by atoms with E-state index in [1.54, 1.807) is 0 Å². The molecule has 106 valence electrons. The molecule has 2 heteroatoms. The van der Waals surface area contributed by atoms with E-state index in [9.17, 15) is 0 Å². The van der Waals surface area contributed by atoms with Crippen LogP contribution in [0.15, 0.2) is 28.7 Å². The van der Waals surface area contributed by atoms with Crippen LogP contribution in [-0.2, 0) is 0 Å². The molecule has 1 saturated heterocycles. The fourth-order valence-electron chi connectivity index (χ4n) is 3.54. The number of nitrogens with zero attached hydrogens (tertiary/aromatic N) is 1. The second-order valence-electron chi connectivity index (χ2n) is 6.13. The molecule has 19 heavy (non-hydrogen) atoms. The highest BCUT2D eigenvalue weighted by Gasteiger charge is 2.42. The molecule has 1 unspecified atom stereocenters. The zero-order valence-electron chi connectivity index (χ0n) is 12.5. The van der Waals surface area contributed by atoms with Crippen molar-refractivity contribution in [3.8, 4) is 0 Å². The quantitative estimate of drug-likeness (QED) is 0.676. The zero-order valence-corrected chi connectivity index (χ0v) is 14.0. The molecule has 0 saturated carbocycles. The molecule has 1 aromatic rings. The largest absolute Gasteiger partial charge is 0.295 e. The number of rotatable bonds is 6. The van der Waals surface area contributed by atoms with Crippen molar-refractivity contribution >= 4 is 15.9 Å². The lowest BCUT2D eigenvalue weighted by Crippen LogP contribution is -2.56. The van der Waals surface area contributed by atoms with E-state index >= 15 is 0 Å². The van der Waals surface area contributed by atoms with E-state index in [1.165, 1.54) is 48.8 Å². The topological polar surface area (TPSA) is 3.24 Å². The van der Waals surface area contributed by atoms with Gasteiger partial charge >= 0.3 is 0 Å². The molecular weight excluding hydrogens is 298 g/mol. The van der Waals surface area contributed by atoms with Gasteiger partial charge in [0.25, 0.3) is 0 Å². The fraction of sp³-hybridized carbons (Fsp3) is 0.647. The predicted octanol–water partition coefficient (Wildman–Crippen LogP) is 5.41. The minimum absolute atomic E-state index is 0.551. The van der Waals surface area contributed by atoms with Crippen LogP contribution in [0.4, 0.5) is 0 Å². The highest BCUT2D eigenvalue weighted by Crippen LogP contribution is 2.43. The molecule has 0 radical (unpaired) electrons. The van der Waals surface area contributed by atoms with Crippen molar-refractivity contribution in [3.05, 3.63) is 34.3 Å². The minimum atomic E-state index is 0.551. The van der Waals surface area contributed by atoms with E-state index in [0.717, 1.165) is 0 Å². The third kappa shape index (κ3) is 3.41. The smallest absolute Gasteiger partial charge is 0.0320 e. The normalized spacial score (nSPS) is 20.0. The first-order chi connectivity index (χ1) is 9.10. The summed E-state index contributed by atoms with van der Waals surface area (Å²) in [4.78, 5) is 2.63. The van der Waals surface area contributed by atoms with Crippen molar-refractivity contribution in [2.24, 2.45) is 5.41 Å². The maximum Gasteiger partial charge on any atom is 0.0320 e. The van der Waals surface area contributed by atoms with Gasteiger partial charge < -0.3 is 0 Å². The molecule has 0 aliphatic carbocycles. The Kier molecular flexibility index (Phi) is 5.08. The van der Waals surface area contributed by atoms with Crippen LogP contribution in [0.2, 0.25) is 0 Å². The molecule has 1 aromatic carbocycles. The van der Waals surface area contributed by atoms with Gasteiger partial charge in [0.15, 0.2) is 0 Å². The number of benzene rings is 1. The molecule has 1 aliphatic heterocycles. The molecule has 1 atom stereocenters. The van der Waals surface area contributed by atoms with Crippen LogP contribution in [0.5, 0.6) is 0 Å². The summed E-state index contributed by atoms with van der Waals surface area (Å²) in [5, 5.41) is 0. The summed E-state index contributed by atoms with van der Waals surface area (Å²) in [6.45, 7) is 9.54. The Morgan fingerprint density at radius 3 is 2.11 bits per heavy atom. The molecular formula is C17H26BrN. The van der Waals surface area contributed by atoms with Crippen LogP contribution in [-0.4, -0.2) is 18.0 Å². The van der Waals surface area contributed by atoms with Gasteiger partial charge in [0.05, 0.1) is 0 Å². The van der Waals surface area contributed by atoms with E-state index < -0.39 is 0 Å². The molecule has 2 rings (SSSR count).